The first kappa shape index (κ1) is 10.4. The molecule has 11 heavy (non-hydrogen) atoms. The minimum atomic E-state index is -0.125. The van der Waals surface area contributed by atoms with Gasteiger partial charge < -0.3 is 4.74 Å². The van der Waals surface area contributed by atoms with Crippen LogP contribution in [0.5, 0.6) is 0 Å². The van der Waals surface area contributed by atoms with Crippen molar-refractivity contribution in [1.29, 1.82) is 5.26 Å². The molecule has 0 saturated carbocycles. The van der Waals surface area contributed by atoms with Crippen LogP contribution in [0.15, 0.2) is 0 Å². The van der Waals surface area contributed by atoms with Crippen LogP contribution in [-0.4, -0.2) is 25.3 Å². The molecule has 0 aliphatic carbocycles. The minimum absolute atomic E-state index is 0.121. The highest BCUT2D eigenvalue weighted by molar-refractivity contribution is 4.91. The first-order valence-corrected chi connectivity index (χ1v) is 3.68. The van der Waals surface area contributed by atoms with Gasteiger partial charge in [0.2, 0.25) is 0 Å². The molecule has 3 heteroatoms. The number of nitrogens with one attached hydrogen (secondary N) is 1. The van der Waals surface area contributed by atoms with Gasteiger partial charge in [-0.25, -0.2) is 0 Å². The summed E-state index contributed by atoms with van der Waals surface area (Å²) in [5.74, 6) is 0. The maximum Gasteiger partial charge on any atom is 0.0929 e. The van der Waals surface area contributed by atoms with Crippen LogP contribution in [0.4, 0.5) is 0 Å². The van der Waals surface area contributed by atoms with E-state index >= 15 is 0 Å². The van der Waals surface area contributed by atoms with Gasteiger partial charge >= 0.3 is 0 Å². The van der Waals surface area contributed by atoms with Crippen LogP contribution < -0.4 is 5.32 Å². The van der Waals surface area contributed by atoms with Gasteiger partial charge in [0, 0.05) is 12.6 Å². The topological polar surface area (TPSA) is 45.0 Å². The Bertz CT molecular complexity index is 149. The first-order chi connectivity index (χ1) is 5.02. The Morgan fingerprint density at radius 2 is 2.18 bits per heavy atom. The Kier molecular flexibility index (Phi) is 4.09. The molecule has 0 fully saturated rings. The summed E-state index contributed by atoms with van der Waals surface area (Å²) in [5.41, 5.74) is -0.121. The molecular weight excluding hydrogens is 140 g/mol. The zero-order valence-corrected chi connectivity index (χ0v) is 7.64. The molecule has 0 amide bonds. The maximum atomic E-state index is 8.51. The van der Waals surface area contributed by atoms with Crippen molar-refractivity contribution in [2.45, 2.75) is 32.4 Å². The summed E-state index contributed by atoms with van der Waals surface area (Å²) in [6, 6.07) is 1.99. The van der Waals surface area contributed by atoms with Gasteiger partial charge in [0.1, 0.15) is 0 Å². The number of rotatable bonds is 4. The van der Waals surface area contributed by atoms with Gasteiger partial charge in [0.15, 0.2) is 0 Å². The zero-order valence-electron chi connectivity index (χ0n) is 7.64. The second kappa shape index (κ2) is 4.32. The average molecular weight is 156 g/mol. The van der Waals surface area contributed by atoms with Crippen LogP contribution in [0.25, 0.3) is 0 Å². The van der Waals surface area contributed by atoms with E-state index in [2.05, 4.69) is 11.4 Å². The minimum Gasteiger partial charge on any atom is -0.383 e. The highest BCUT2D eigenvalue weighted by atomic mass is 16.5. The molecule has 0 spiro atoms. The third kappa shape index (κ3) is 4.77. The maximum absolute atomic E-state index is 8.51. The molecule has 64 valence electrons. The summed E-state index contributed by atoms with van der Waals surface area (Å²) in [6.45, 7) is 6.45. The van der Waals surface area contributed by atoms with Crippen LogP contribution in [-0.2, 0) is 4.74 Å². The molecule has 1 N–H and O–H groups in total. The molecule has 0 saturated heterocycles. The highest BCUT2D eigenvalue weighted by Gasteiger charge is 2.18. The molecule has 0 aliphatic rings. The van der Waals surface area contributed by atoms with Gasteiger partial charge in [0.05, 0.1) is 18.7 Å². The summed E-state index contributed by atoms with van der Waals surface area (Å²) in [4.78, 5) is 0. The van der Waals surface area contributed by atoms with Crippen LogP contribution in [0.3, 0.4) is 0 Å². The second-order valence-corrected chi connectivity index (χ2v) is 3.31. The second-order valence-electron chi connectivity index (χ2n) is 3.31. The summed E-state index contributed by atoms with van der Waals surface area (Å²) in [6.07, 6.45) is 0. The molecule has 0 radical (unpaired) electrons. The van der Waals surface area contributed by atoms with Crippen LogP contribution in [0.2, 0.25) is 0 Å². The van der Waals surface area contributed by atoms with E-state index in [1.54, 1.807) is 7.11 Å². The number of ether oxygens (including phenoxy) is 1. The predicted octanol–water partition coefficient (Wildman–Crippen LogP) is 0.913. The fourth-order valence-corrected chi connectivity index (χ4v) is 1.02. The molecule has 3 nitrogen and oxygen atoms in total. The Balaban J connectivity index is 3.82. The number of nitrogens with zero attached hydrogens (tertiary/aromatic N) is 1. The Labute approximate surface area is 68.3 Å². The normalized spacial score (nSPS) is 14.1. The molecule has 0 rings (SSSR count). The molecule has 0 aliphatic heterocycles. The Hall–Kier alpha value is -0.590. The molecule has 0 heterocycles. The van der Waals surface area contributed by atoms with E-state index in [9.17, 15) is 0 Å². The molecule has 1 atom stereocenters. The van der Waals surface area contributed by atoms with Crippen molar-refractivity contribution in [3.8, 4) is 6.07 Å². The van der Waals surface area contributed by atoms with Crippen molar-refractivity contribution in [3.63, 3.8) is 0 Å². The molecular formula is C8H16N2O. The summed E-state index contributed by atoms with van der Waals surface area (Å²) >= 11 is 0. The molecule has 0 aromatic heterocycles. The lowest BCUT2D eigenvalue weighted by Crippen LogP contribution is -2.47. The van der Waals surface area contributed by atoms with Crippen LogP contribution in [0.1, 0.15) is 20.8 Å². The van der Waals surface area contributed by atoms with E-state index in [0.717, 1.165) is 0 Å². The van der Waals surface area contributed by atoms with E-state index in [1.807, 2.05) is 20.8 Å². The Morgan fingerprint density at radius 1 is 1.64 bits per heavy atom. The highest BCUT2D eigenvalue weighted by Crippen LogP contribution is 2.02. The van der Waals surface area contributed by atoms with Crippen molar-refractivity contribution in [3.05, 3.63) is 0 Å². The summed E-state index contributed by atoms with van der Waals surface area (Å²) in [7, 11) is 1.65. The van der Waals surface area contributed by atoms with Crippen molar-refractivity contribution < 1.29 is 4.74 Å². The van der Waals surface area contributed by atoms with Crippen molar-refractivity contribution >= 4 is 0 Å². The van der Waals surface area contributed by atoms with E-state index in [4.69, 9.17) is 10.00 Å². The van der Waals surface area contributed by atoms with E-state index < -0.39 is 0 Å². The van der Waals surface area contributed by atoms with Gasteiger partial charge in [-0.2, -0.15) is 5.26 Å². The van der Waals surface area contributed by atoms with Crippen molar-refractivity contribution in [1.82, 2.24) is 5.32 Å². The first-order valence-electron chi connectivity index (χ1n) is 3.68. The van der Waals surface area contributed by atoms with E-state index in [-0.39, 0.29) is 11.6 Å². The lowest BCUT2D eigenvalue weighted by molar-refractivity contribution is 0.126. The number of hydrogen-bond acceptors (Lipinski definition) is 3. The fraction of sp³-hybridized carbons (Fsp3) is 0.875. The van der Waals surface area contributed by atoms with Crippen molar-refractivity contribution in [2.75, 3.05) is 13.7 Å². The number of hydrogen-bond donors (Lipinski definition) is 1. The SMILES string of the molecule is COCC(C)(C)NC(C)C#N. The van der Waals surface area contributed by atoms with Gasteiger partial charge in [-0.3, -0.25) is 5.32 Å². The van der Waals surface area contributed by atoms with E-state index in [0.29, 0.717) is 6.61 Å². The van der Waals surface area contributed by atoms with Crippen LogP contribution in [0, 0.1) is 11.3 Å². The lowest BCUT2D eigenvalue weighted by atomic mass is 10.1. The van der Waals surface area contributed by atoms with Gasteiger partial charge in [-0.05, 0) is 20.8 Å². The predicted molar refractivity (Wildman–Crippen MR) is 44.2 cm³/mol. The monoisotopic (exact) mass is 156 g/mol. The standard InChI is InChI=1S/C8H16N2O/c1-7(5-9)10-8(2,3)6-11-4/h7,10H,6H2,1-4H3. The lowest BCUT2D eigenvalue weighted by Gasteiger charge is -2.26. The quantitative estimate of drug-likeness (QED) is 0.658. The smallest absolute Gasteiger partial charge is 0.0929 e. The molecule has 0 bridgehead atoms. The third-order valence-corrected chi connectivity index (χ3v) is 1.31. The van der Waals surface area contributed by atoms with Crippen molar-refractivity contribution in [2.24, 2.45) is 0 Å². The number of nitriles is 1. The Morgan fingerprint density at radius 3 is 2.55 bits per heavy atom. The van der Waals surface area contributed by atoms with Gasteiger partial charge in [-0.15, -0.1) is 0 Å². The van der Waals surface area contributed by atoms with Gasteiger partial charge in [0.25, 0.3) is 0 Å². The number of methoxy groups -OCH3 is 1. The molecule has 0 aromatic rings. The fourth-order valence-electron chi connectivity index (χ4n) is 1.02. The third-order valence-electron chi connectivity index (χ3n) is 1.31. The largest absolute Gasteiger partial charge is 0.383 e. The zero-order chi connectivity index (χ0) is 8.91. The molecule has 0 aromatic carbocycles. The summed E-state index contributed by atoms with van der Waals surface area (Å²) < 4.78 is 4.98. The van der Waals surface area contributed by atoms with E-state index in [1.165, 1.54) is 0 Å². The molecule has 1 unspecified atom stereocenters. The van der Waals surface area contributed by atoms with Gasteiger partial charge in [-0.1, -0.05) is 0 Å². The average Bonchev–Trinajstić information content (AvgIpc) is 1.86. The van der Waals surface area contributed by atoms with Crippen LogP contribution >= 0.6 is 0 Å². The summed E-state index contributed by atoms with van der Waals surface area (Å²) in [5, 5.41) is 11.6.